The number of allylic oxidation sites excluding steroid dienone is 1. The fraction of sp³-hybridized carbons (Fsp3) is 0.636. The van der Waals surface area contributed by atoms with Gasteiger partial charge in [0.15, 0.2) is 0 Å². The highest BCUT2D eigenvalue weighted by Crippen LogP contribution is 2.14. The smallest absolute Gasteiger partial charge is 0.407 e. The van der Waals surface area contributed by atoms with Gasteiger partial charge in [0.2, 0.25) is 5.91 Å². The van der Waals surface area contributed by atoms with Crippen molar-refractivity contribution < 1.29 is 33.4 Å². The molecular formula is C22H33N3O7. The average molecular weight is 452 g/mol. The van der Waals surface area contributed by atoms with Crippen molar-refractivity contribution in [3.05, 3.63) is 24.3 Å². The van der Waals surface area contributed by atoms with Gasteiger partial charge >= 0.3 is 6.09 Å². The SMILES string of the molecule is O=C(CCN1C(=O)C=CC1=O)NCCOCCOCCNC(=O)O[C@@H]1/C=C/CCCCC1. The maximum Gasteiger partial charge on any atom is 0.407 e. The molecule has 0 spiro atoms. The zero-order chi connectivity index (χ0) is 23.0. The Morgan fingerprint density at radius 2 is 1.62 bits per heavy atom. The van der Waals surface area contributed by atoms with E-state index in [2.05, 4.69) is 16.7 Å². The molecule has 32 heavy (non-hydrogen) atoms. The van der Waals surface area contributed by atoms with Gasteiger partial charge in [0.05, 0.1) is 26.4 Å². The molecule has 0 aromatic heterocycles. The van der Waals surface area contributed by atoms with E-state index in [0.717, 1.165) is 30.6 Å². The van der Waals surface area contributed by atoms with Crippen molar-refractivity contribution in [1.29, 1.82) is 0 Å². The van der Waals surface area contributed by atoms with Crippen LogP contribution in [-0.4, -0.2) is 80.9 Å². The van der Waals surface area contributed by atoms with Crippen LogP contribution in [0.2, 0.25) is 0 Å². The Morgan fingerprint density at radius 1 is 0.938 bits per heavy atom. The Hall–Kier alpha value is -2.72. The van der Waals surface area contributed by atoms with Crippen LogP contribution in [0.15, 0.2) is 24.3 Å². The van der Waals surface area contributed by atoms with Gasteiger partial charge in [-0.25, -0.2) is 4.79 Å². The number of ether oxygens (including phenoxy) is 3. The van der Waals surface area contributed by atoms with Gasteiger partial charge in [0, 0.05) is 38.2 Å². The summed E-state index contributed by atoms with van der Waals surface area (Å²) in [4.78, 5) is 47.3. The number of carbonyl (C=O) groups excluding carboxylic acids is 4. The molecule has 178 valence electrons. The number of hydrogen-bond acceptors (Lipinski definition) is 7. The monoisotopic (exact) mass is 451 g/mol. The Labute approximate surface area is 188 Å². The molecule has 1 atom stereocenters. The summed E-state index contributed by atoms with van der Waals surface area (Å²) in [5, 5.41) is 5.33. The van der Waals surface area contributed by atoms with E-state index in [1.54, 1.807) is 0 Å². The van der Waals surface area contributed by atoms with Crippen LogP contribution in [0, 0.1) is 0 Å². The fourth-order valence-electron chi connectivity index (χ4n) is 3.17. The first-order chi connectivity index (χ1) is 15.6. The molecule has 0 fully saturated rings. The average Bonchev–Trinajstić information content (AvgIpc) is 3.07. The molecule has 10 nitrogen and oxygen atoms in total. The largest absolute Gasteiger partial charge is 0.442 e. The predicted octanol–water partition coefficient (Wildman–Crippen LogP) is 1.07. The number of alkyl carbamates (subject to hydrolysis) is 1. The molecule has 2 aliphatic rings. The molecule has 0 aromatic rings. The molecule has 4 amide bonds. The first-order valence-corrected chi connectivity index (χ1v) is 11.1. The van der Waals surface area contributed by atoms with Crippen molar-refractivity contribution in [2.75, 3.05) is 46.1 Å². The minimum absolute atomic E-state index is 0.0503. The lowest BCUT2D eigenvalue weighted by Gasteiger charge is -2.16. The topological polar surface area (TPSA) is 123 Å². The molecule has 0 bridgehead atoms. The standard InChI is InChI=1S/C22H33N3O7/c26-19(10-13-25-20(27)8-9-21(25)28)23-11-14-30-16-17-31-15-12-24-22(29)32-18-6-4-2-1-3-5-7-18/h4,6,8-9,18H,1-3,5,7,10-17H2,(H,23,26)(H,24,29)/b6-4+/t18-/m1/s1. The minimum Gasteiger partial charge on any atom is -0.442 e. The number of nitrogens with one attached hydrogen (secondary N) is 2. The maximum absolute atomic E-state index is 11.8. The van der Waals surface area contributed by atoms with E-state index in [1.807, 2.05) is 6.08 Å². The lowest BCUT2D eigenvalue weighted by Crippen LogP contribution is -2.35. The molecule has 0 unspecified atom stereocenters. The first kappa shape index (κ1) is 25.5. The van der Waals surface area contributed by atoms with E-state index in [0.29, 0.717) is 39.5 Å². The van der Waals surface area contributed by atoms with E-state index >= 15 is 0 Å². The van der Waals surface area contributed by atoms with Crippen LogP contribution >= 0.6 is 0 Å². The van der Waals surface area contributed by atoms with Gasteiger partial charge in [-0.05, 0) is 31.8 Å². The van der Waals surface area contributed by atoms with Crippen molar-refractivity contribution in [1.82, 2.24) is 15.5 Å². The molecule has 1 aliphatic carbocycles. The van der Waals surface area contributed by atoms with Gasteiger partial charge in [0.1, 0.15) is 6.10 Å². The summed E-state index contributed by atoms with van der Waals surface area (Å²) >= 11 is 0. The molecule has 1 heterocycles. The molecule has 2 N–H and O–H groups in total. The van der Waals surface area contributed by atoms with Crippen LogP contribution in [0.5, 0.6) is 0 Å². The Bertz CT molecular complexity index is 675. The van der Waals surface area contributed by atoms with Crippen LogP contribution in [-0.2, 0) is 28.6 Å². The number of hydrogen-bond donors (Lipinski definition) is 2. The van der Waals surface area contributed by atoms with Gasteiger partial charge in [-0.1, -0.05) is 12.5 Å². The number of nitrogens with zero attached hydrogens (tertiary/aromatic N) is 1. The van der Waals surface area contributed by atoms with Crippen LogP contribution in [0.25, 0.3) is 0 Å². The highest BCUT2D eigenvalue weighted by molar-refractivity contribution is 6.13. The third kappa shape index (κ3) is 10.5. The summed E-state index contributed by atoms with van der Waals surface area (Å²) in [6.45, 7) is 2.11. The van der Waals surface area contributed by atoms with Crippen LogP contribution in [0.3, 0.4) is 0 Å². The molecule has 0 aromatic carbocycles. The predicted molar refractivity (Wildman–Crippen MR) is 116 cm³/mol. The summed E-state index contributed by atoms with van der Waals surface area (Å²) in [7, 11) is 0. The van der Waals surface area contributed by atoms with Crippen LogP contribution in [0.1, 0.15) is 38.5 Å². The number of amides is 4. The maximum atomic E-state index is 11.8. The number of rotatable bonds is 13. The van der Waals surface area contributed by atoms with E-state index in [-0.39, 0.29) is 25.0 Å². The van der Waals surface area contributed by atoms with Gasteiger partial charge in [-0.15, -0.1) is 0 Å². The summed E-state index contributed by atoms with van der Waals surface area (Å²) in [6, 6.07) is 0. The van der Waals surface area contributed by atoms with E-state index in [1.165, 1.54) is 18.6 Å². The van der Waals surface area contributed by atoms with E-state index in [4.69, 9.17) is 14.2 Å². The highest BCUT2D eigenvalue weighted by atomic mass is 16.6. The summed E-state index contributed by atoms with van der Waals surface area (Å²) in [5.74, 6) is -1.05. The fourth-order valence-corrected chi connectivity index (χ4v) is 3.17. The molecule has 0 saturated heterocycles. The normalized spacial score (nSPS) is 19.4. The Kier molecular flexibility index (Phi) is 12.1. The number of imide groups is 1. The highest BCUT2D eigenvalue weighted by Gasteiger charge is 2.23. The number of carbonyl (C=O) groups is 4. The quantitative estimate of drug-likeness (QED) is 0.244. The molecule has 0 radical (unpaired) electrons. The third-order valence-electron chi connectivity index (χ3n) is 4.89. The molecule has 10 heteroatoms. The summed E-state index contributed by atoms with van der Waals surface area (Å²) in [6.07, 6.45) is 11.2. The molecule has 2 rings (SSSR count). The summed E-state index contributed by atoms with van der Waals surface area (Å²) in [5.41, 5.74) is 0. The lowest BCUT2D eigenvalue weighted by molar-refractivity contribution is -0.137. The Balaban J connectivity index is 1.37. The second kappa shape index (κ2) is 15.1. The summed E-state index contributed by atoms with van der Waals surface area (Å²) < 4.78 is 16.1. The minimum atomic E-state index is -0.439. The van der Waals surface area contributed by atoms with Crippen LogP contribution < -0.4 is 10.6 Å². The molecular weight excluding hydrogens is 418 g/mol. The zero-order valence-electron chi connectivity index (χ0n) is 18.4. The van der Waals surface area contributed by atoms with Gasteiger partial charge in [-0.2, -0.15) is 0 Å². The first-order valence-electron chi connectivity index (χ1n) is 11.1. The van der Waals surface area contributed by atoms with Crippen molar-refractivity contribution in [2.45, 2.75) is 44.6 Å². The van der Waals surface area contributed by atoms with Gasteiger partial charge in [-0.3, -0.25) is 19.3 Å². The van der Waals surface area contributed by atoms with Crippen LogP contribution in [0.4, 0.5) is 4.79 Å². The van der Waals surface area contributed by atoms with Crippen molar-refractivity contribution in [3.63, 3.8) is 0 Å². The van der Waals surface area contributed by atoms with E-state index in [9.17, 15) is 19.2 Å². The van der Waals surface area contributed by atoms with E-state index < -0.39 is 17.9 Å². The van der Waals surface area contributed by atoms with Crippen molar-refractivity contribution in [3.8, 4) is 0 Å². The Morgan fingerprint density at radius 3 is 2.34 bits per heavy atom. The third-order valence-corrected chi connectivity index (χ3v) is 4.89. The van der Waals surface area contributed by atoms with Crippen molar-refractivity contribution in [2.24, 2.45) is 0 Å². The second-order valence-electron chi connectivity index (χ2n) is 7.42. The van der Waals surface area contributed by atoms with Gasteiger partial charge in [0.25, 0.3) is 11.8 Å². The lowest BCUT2D eigenvalue weighted by atomic mass is 10.0. The van der Waals surface area contributed by atoms with Gasteiger partial charge < -0.3 is 24.8 Å². The molecule has 0 saturated carbocycles. The zero-order valence-corrected chi connectivity index (χ0v) is 18.4. The molecule has 1 aliphatic heterocycles. The van der Waals surface area contributed by atoms with Crippen molar-refractivity contribution >= 4 is 23.8 Å². The second-order valence-corrected chi connectivity index (χ2v) is 7.42.